The predicted molar refractivity (Wildman–Crippen MR) is 94.8 cm³/mol. The van der Waals surface area contributed by atoms with Gasteiger partial charge in [0.2, 0.25) is 0 Å². The van der Waals surface area contributed by atoms with Crippen LogP contribution in [0, 0.1) is 5.92 Å². The second-order valence-electron chi connectivity index (χ2n) is 6.46. The number of rotatable bonds is 6. The van der Waals surface area contributed by atoms with Crippen LogP contribution in [0.15, 0.2) is 33.9 Å². The second kappa shape index (κ2) is 8.16. The molecule has 0 radical (unpaired) electrons. The van der Waals surface area contributed by atoms with Gasteiger partial charge < -0.3 is 4.90 Å². The van der Waals surface area contributed by atoms with Gasteiger partial charge in [-0.25, -0.2) is 10.0 Å². The largest absolute Gasteiger partial charge is 0.356 e. The van der Waals surface area contributed by atoms with E-state index in [4.69, 9.17) is 0 Å². The Hall–Kier alpha value is -1.58. The molecule has 0 N–H and O–H groups in total. The number of hydrogen-bond donors (Lipinski definition) is 0. The lowest BCUT2D eigenvalue weighted by Gasteiger charge is -2.39. The Morgan fingerprint density at radius 1 is 1.45 bits per heavy atom. The molecule has 0 aromatic carbocycles. The molecule has 0 aromatic rings. The fourth-order valence-electron chi connectivity index (χ4n) is 3.15. The first-order valence-electron chi connectivity index (χ1n) is 8.64. The zero-order valence-corrected chi connectivity index (χ0v) is 14.4. The van der Waals surface area contributed by atoms with Crippen LogP contribution in [0.2, 0.25) is 0 Å². The number of nitrogens with zero attached hydrogens (tertiary/aromatic N) is 4. The Kier molecular flexibility index (Phi) is 6.22. The molecule has 1 saturated heterocycles. The van der Waals surface area contributed by atoms with Gasteiger partial charge in [0.15, 0.2) is 5.82 Å². The summed E-state index contributed by atoms with van der Waals surface area (Å²) in [7, 11) is 0. The molecule has 0 aliphatic carbocycles. The van der Waals surface area contributed by atoms with Gasteiger partial charge in [-0.05, 0) is 44.6 Å². The molecule has 0 amide bonds. The van der Waals surface area contributed by atoms with E-state index in [1.54, 1.807) is 0 Å². The van der Waals surface area contributed by atoms with Gasteiger partial charge in [0.05, 0.1) is 0 Å². The van der Waals surface area contributed by atoms with E-state index in [0.717, 1.165) is 42.8 Å². The Morgan fingerprint density at radius 3 is 2.95 bits per heavy atom. The highest BCUT2D eigenvalue weighted by molar-refractivity contribution is 5.94. The van der Waals surface area contributed by atoms with Gasteiger partial charge >= 0.3 is 0 Å². The number of likely N-dealkylation sites (tertiary alicyclic amines) is 1. The highest BCUT2D eigenvalue weighted by Crippen LogP contribution is 2.28. The summed E-state index contributed by atoms with van der Waals surface area (Å²) in [6.07, 6.45) is 11.7. The summed E-state index contributed by atoms with van der Waals surface area (Å²) < 4.78 is 0. The van der Waals surface area contributed by atoms with Crippen LogP contribution < -0.4 is 0 Å². The third-order valence-electron chi connectivity index (χ3n) is 4.32. The molecule has 0 bridgehead atoms. The standard InChI is InChI=1S/C18H30N4/c1-5-6-7-8-11-17-20-16(3)13-18(22(17)19-4)21-12-9-10-15(2)14-21/h11,13,15H,4-10,12,14H2,1-3H3/b17-11-. The molecule has 2 aliphatic rings. The Balaban J connectivity index is 2.15. The first kappa shape index (κ1) is 16.8. The SMILES string of the molecule is C=NN1C(N2CCCC(C)C2)=CC(C)=N/C1=C/CCCCC. The molecule has 0 aromatic heterocycles. The summed E-state index contributed by atoms with van der Waals surface area (Å²) in [6, 6.07) is 0. The van der Waals surface area contributed by atoms with Crippen LogP contribution in [0.5, 0.6) is 0 Å². The van der Waals surface area contributed by atoms with Crippen LogP contribution in [0.1, 0.15) is 59.3 Å². The maximum Gasteiger partial charge on any atom is 0.151 e. The second-order valence-corrected chi connectivity index (χ2v) is 6.46. The van der Waals surface area contributed by atoms with Gasteiger partial charge in [-0.3, -0.25) is 0 Å². The summed E-state index contributed by atoms with van der Waals surface area (Å²) in [4.78, 5) is 7.09. The molecule has 1 unspecified atom stereocenters. The van der Waals surface area contributed by atoms with E-state index in [1.165, 1.54) is 32.1 Å². The Labute approximate surface area is 135 Å². The number of piperidine rings is 1. The highest BCUT2D eigenvalue weighted by Gasteiger charge is 2.26. The molecule has 4 nitrogen and oxygen atoms in total. The number of hydrogen-bond acceptors (Lipinski definition) is 4. The van der Waals surface area contributed by atoms with E-state index >= 15 is 0 Å². The van der Waals surface area contributed by atoms with E-state index in [9.17, 15) is 0 Å². The van der Waals surface area contributed by atoms with Crippen molar-refractivity contribution in [3.8, 4) is 0 Å². The number of hydrazone groups is 1. The Morgan fingerprint density at radius 2 is 2.27 bits per heavy atom. The lowest BCUT2D eigenvalue weighted by Crippen LogP contribution is -2.40. The van der Waals surface area contributed by atoms with Crippen molar-refractivity contribution in [3.63, 3.8) is 0 Å². The zero-order valence-electron chi connectivity index (χ0n) is 14.4. The van der Waals surface area contributed by atoms with Gasteiger partial charge in [-0.2, -0.15) is 5.10 Å². The smallest absolute Gasteiger partial charge is 0.151 e. The molecule has 1 atom stereocenters. The van der Waals surface area contributed by atoms with Crippen molar-refractivity contribution in [2.24, 2.45) is 16.0 Å². The normalized spacial score (nSPS) is 24.3. The quantitative estimate of drug-likeness (QED) is 0.539. The van der Waals surface area contributed by atoms with Gasteiger partial charge in [0.1, 0.15) is 5.82 Å². The topological polar surface area (TPSA) is 31.2 Å². The highest BCUT2D eigenvalue weighted by atomic mass is 15.6. The van der Waals surface area contributed by atoms with E-state index < -0.39 is 0 Å². The number of allylic oxidation sites excluding steroid dienone is 2. The van der Waals surface area contributed by atoms with Crippen molar-refractivity contribution in [2.45, 2.75) is 59.3 Å². The summed E-state index contributed by atoms with van der Waals surface area (Å²) in [6.45, 7) is 12.6. The van der Waals surface area contributed by atoms with Crippen molar-refractivity contribution < 1.29 is 0 Å². The fraction of sp³-hybridized carbons (Fsp3) is 0.667. The average Bonchev–Trinajstić information content (AvgIpc) is 2.51. The number of aliphatic imine (C=N–C) groups is 1. The molecule has 22 heavy (non-hydrogen) atoms. The third-order valence-corrected chi connectivity index (χ3v) is 4.32. The van der Waals surface area contributed by atoms with Gasteiger partial charge in [0.25, 0.3) is 0 Å². The lowest BCUT2D eigenvalue weighted by atomic mass is 10.0. The zero-order chi connectivity index (χ0) is 15.9. The molecular formula is C18H30N4. The molecule has 0 saturated carbocycles. The molecule has 0 spiro atoms. The molecule has 2 heterocycles. The van der Waals surface area contributed by atoms with Crippen molar-refractivity contribution in [1.82, 2.24) is 9.91 Å². The predicted octanol–water partition coefficient (Wildman–Crippen LogP) is 4.37. The maximum absolute atomic E-state index is 4.66. The van der Waals surface area contributed by atoms with Crippen molar-refractivity contribution in [1.29, 1.82) is 0 Å². The summed E-state index contributed by atoms with van der Waals surface area (Å²) in [5.41, 5.74) is 1.05. The van der Waals surface area contributed by atoms with E-state index in [1.807, 2.05) is 5.01 Å². The number of unbranched alkanes of at least 4 members (excludes halogenated alkanes) is 3. The minimum Gasteiger partial charge on any atom is -0.356 e. The first-order chi connectivity index (χ1) is 10.7. The van der Waals surface area contributed by atoms with E-state index in [0.29, 0.717) is 0 Å². The monoisotopic (exact) mass is 302 g/mol. The van der Waals surface area contributed by atoms with Crippen molar-refractivity contribution >= 4 is 12.4 Å². The van der Waals surface area contributed by atoms with Gasteiger partial charge in [-0.15, -0.1) is 0 Å². The molecular weight excluding hydrogens is 272 g/mol. The molecule has 2 rings (SSSR count). The van der Waals surface area contributed by atoms with Gasteiger partial charge in [0, 0.05) is 31.6 Å². The fourth-order valence-corrected chi connectivity index (χ4v) is 3.15. The van der Waals surface area contributed by atoms with Crippen LogP contribution in [0.4, 0.5) is 0 Å². The minimum atomic E-state index is 0.734. The molecule has 1 fully saturated rings. The van der Waals surface area contributed by atoms with Crippen LogP contribution >= 0.6 is 0 Å². The van der Waals surface area contributed by atoms with Gasteiger partial charge in [-0.1, -0.05) is 26.7 Å². The van der Waals surface area contributed by atoms with E-state index in [2.05, 4.69) is 54.6 Å². The summed E-state index contributed by atoms with van der Waals surface area (Å²) in [5.74, 6) is 2.80. The summed E-state index contributed by atoms with van der Waals surface area (Å²) in [5, 5.41) is 6.16. The van der Waals surface area contributed by atoms with Crippen LogP contribution in [-0.4, -0.2) is 35.4 Å². The van der Waals surface area contributed by atoms with Crippen molar-refractivity contribution in [3.05, 3.63) is 23.8 Å². The van der Waals surface area contributed by atoms with E-state index in [-0.39, 0.29) is 0 Å². The lowest BCUT2D eigenvalue weighted by molar-refractivity contribution is 0.175. The molecule has 122 valence electrons. The maximum atomic E-state index is 4.66. The van der Waals surface area contributed by atoms with Crippen LogP contribution in [0.25, 0.3) is 0 Å². The minimum absolute atomic E-state index is 0.734. The van der Waals surface area contributed by atoms with Crippen molar-refractivity contribution in [2.75, 3.05) is 13.1 Å². The average molecular weight is 302 g/mol. The molecule has 4 heteroatoms. The third kappa shape index (κ3) is 4.21. The summed E-state index contributed by atoms with van der Waals surface area (Å²) >= 11 is 0. The first-order valence-corrected chi connectivity index (χ1v) is 8.64. The molecule has 2 aliphatic heterocycles. The Bertz CT molecular complexity index is 475. The van der Waals surface area contributed by atoms with Crippen LogP contribution in [0.3, 0.4) is 0 Å². The van der Waals surface area contributed by atoms with Crippen LogP contribution in [-0.2, 0) is 0 Å².